The van der Waals surface area contributed by atoms with Crippen LogP contribution in [0.4, 0.5) is 0 Å². The number of likely N-dealkylation sites (N-methyl/N-ethyl adjacent to an activating group) is 1. The van der Waals surface area contributed by atoms with E-state index in [-0.39, 0.29) is 18.6 Å². The lowest BCUT2D eigenvalue weighted by Gasteiger charge is -2.33. The Morgan fingerprint density at radius 2 is 1.89 bits per heavy atom. The Balaban J connectivity index is 1.68. The second-order valence-corrected chi connectivity index (χ2v) is 6.76. The number of carbonyl (C=O) groups is 2. The standard InChI is InChI=1S/C22H25NO5/c1-23(18-10-6-8-15-7-4-5-9-17(15)18)21(24)14-28-19-12-11-16(22(25)27-3)13-20(19)26-2/h4-5,7,9,11-13,18H,6,8,10,14H2,1-3H3/t18-/m0/s1. The van der Waals surface area contributed by atoms with Crippen LogP contribution in [0.3, 0.4) is 0 Å². The summed E-state index contributed by atoms with van der Waals surface area (Å²) in [4.78, 5) is 26.1. The average molecular weight is 383 g/mol. The highest BCUT2D eigenvalue weighted by Gasteiger charge is 2.26. The SMILES string of the molecule is COC(=O)c1ccc(OCC(=O)N(C)[C@H]2CCCc3ccccc32)c(OC)c1. The molecule has 2 aromatic carbocycles. The Morgan fingerprint density at radius 3 is 2.64 bits per heavy atom. The van der Waals surface area contributed by atoms with Crippen molar-refractivity contribution >= 4 is 11.9 Å². The van der Waals surface area contributed by atoms with Gasteiger partial charge in [-0.3, -0.25) is 4.79 Å². The first-order valence-corrected chi connectivity index (χ1v) is 9.27. The van der Waals surface area contributed by atoms with E-state index in [0.717, 1.165) is 19.3 Å². The fourth-order valence-electron chi connectivity index (χ4n) is 3.58. The Labute approximate surface area is 165 Å². The molecule has 0 saturated heterocycles. The van der Waals surface area contributed by atoms with Gasteiger partial charge in [0, 0.05) is 7.05 Å². The third-order valence-electron chi connectivity index (χ3n) is 5.13. The highest BCUT2D eigenvalue weighted by molar-refractivity contribution is 5.90. The Kier molecular flexibility index (Phi) is 6.19. The lowest BCUT2D eigenvalue weighted by molar-refractivity contribution is -0.134. The zero-order valence-corrected chi connectivity index (χ0v) is 16.4. The number of aryl methyl sites for hydroxylation is 1. The highest BCUT2D eigenvalue weighted by Crippen LogP contribution is 2.34. The van der Waals surface area contributed by atoms with Gasteiger partial charge in [-0.2, -0.15) is 0 Å². The van der Waals surface area contributed by atoms with E-state index in [1.54, 1.807) is 17.0 Å². The van der Waals surface area contributed by atoms with E-state index < -0.39 is 5.97 Å². The Morgan fingerprint density at radius 1 is 1.11 bits per heavy atom. The lowest BCUT2D eigenvalue weighted by Crippen LogP contribution is -2.36. The molecule has 1 atom stereocenters. The summed E-state index contributed by atoms with van der Waals surface area (Å²) >= 11 is 0. The van der Waals surface area contributed by atoms with Gasteiger partial charge in [0.05, 0.1) is 25.8 Å². The fraction of sp³-hybridized carbons (Fsp3) is 0.364. The molecule has 0 heterocycles. The number of carbonyl (C=O) groups excluding carboxylic acids is 2. The number of hydrogen-bond donors (Lipinski definition) is 0. The van der Waals surface area contributed by atoms with E-state index in [1.807, 2.05) is 19.2 Å². The summed E-state index contributed by atoms with van der Waals surface area (Å²) < 4.78 is 15.7. The van der Waals surface area contributed by atoms with Gasteiger partial charge in [0.25, 0.3) is 5.91 Å². The predicted octanol–water partition coefficient (Wildman–Crippen LogP) is 3.40. The van der Waals surface area contributed by atoms with E-state index >= 15 is 0 Å². The topological polar surface area (TPSA) is 65.1 Å². The normalized spacial score (nSPS) is 15.3. The molecule has 0 N–H and O–H groups in total. The maximum atomic E-state index is 12.7. The van der Waals surface area contributed by atoms with Crippen LogP contribution in [0.15, 0.2) is 42.5 Å². The van der Waals surface area contributed by atoms with Crippen LogP contribution in [0.25, 0.3) is 0 Å². The van der Waals surface area contributed by atoms with Gasteiger partial charge >= 0.3 is 5.97 Å². The third kappa shape index (κ3) is 4.11. The van der Waals surface area contributed by atoms with Crippen molar-refractivity contribution < 1.29 is 23.8 Å². The molecule has 3 rings (SSSR count). The number of esters is 1. The molecular formula is C22H25NO5. The molecule has 1 aliphatic rings. The van der Waals surface area contributed by atoms with Crippen molar-refractivity contribution in [2.75, 3.05) is 27.9 Å². The van der Waals surface area contributed by atoms with E-state index in [1.165, 1.54) is 31.4 Å². The molecule has 0 unspecified atom stereocenters. The predicted molar refractivity (Wildman–Crippen MR) is 105 cm³/mol. The van der Waals surface area contributed by atoms with Gasteiger partial charge in [-0.25, -0.2) is 4.79 Å². The summed E-state index contributed by atoms with van der Waals surface area (Å²) in [6, 6.07) is 13.1. The Hall–Kier alpha value is -3.02. The van der Waals surface area contributed by atoms with Crippen LogP contribution in [0.2, 0.25) is 0 Å². The molecule has 6 nitrogen and oxygen atoms in total. The number of methoxy groups -OCH3 is 2. The second-order valence-electron chi connectivity index (χ2n) is 6.76. The molecule has 148 valence electrons. The van der Waals surface area contributed by atoms with Crippen molar-refractivity contribution in [1.82, 2.24) is 4.90 Å². The number of fused-ring (bicyclic) bond motifs is 1. The number of hydrogen-bond acceptors (Lipinski definition) is 5. The van der Waals surface area contributed by atoms with Crippen LogP contribution < -0.4 is 9.47 Å². The number of rotatable bonds is 6. The van der Waals surface area contributed by atoms with Crippen LogP contribution in [0, 0.1) is 0 Å². The summed E-state index contributed by atoms with van der Waals surface area (Å²) in [6.45, 7) is -0.108. The van der Waals surface area contributed by atoms with Gasteiger partial charge in [0.15, 0.2) is 18.1 Å². The zero-order valence-electron chi connectivity index (χ0n) is 16.4. The molecule has 6 heteroatoms. The summed E-state index contributed by atoms with van der Waals surface area (Å²) in [5.41, 5.74) is 2.87. The van der Waals surface area contributed by atoms with Gasteiger partial charge in [0.1, 0.15) is 0 Å². The minimum atomic E-state index is -0.461. The molecule has 0 aliphatic heterocycles. The first kappa shape index (κ1) is 19.7. The van der Waals surface area contributed by atoms with Crippen molar-refractivity contribution in [2.24, 2.45) is 0 Å². The van der Waals surface area contributed by atoms with Crippen molar-refractivity contribution in [1.29, 1.82) is 0 Å². The lowest BCUT2D eigenvalue weighted by atomic mass is 9.87. The maximum Gasteiger partial charge on any atom is 0.337 e. The first-order chi connectivity index (χ1) is 13.5. The molecule has 0 radical (unpaired) electrons. The van der Waals surface area contributed by atoms with E-state index in [2.05, 4.69) is 12.1 Å². The molecule has 1 amide bonds. The zero-order chi connectivity index (χ0) is 20.1. The molecule has 0 bridgehead atoms. The van der Waals surface area contributed by atoms with Crippen LogP contribution in [0.1, 0.15) is 40.4 Å². The summed E-state index contributed by atoms with van der Waals surface area (Å²) in [5, 5.41) is 0. The van der Waals surface area contributed by atoms with Crippen LogP contribution in [-0.4, -0.2) is 44.7 Å². The van der Waals surface area contributed by atoms with Gasteiger partial charge in [-0.1, -0.05) is 24.3 Å². The smallest absolute Gasteiger partial charge is 0.337 e. The van der Waals surface area contributed by atoms with Gasteiger partial charge in [-0.05, 0) is 48.6 Å². The van der Waals surface area contributed by atoms with Gasteiger partial charge in [-0.15, -0.1) is 0 Å². The average Bonchev–Trinajstić information content (AvgIpc) is 2.75. The summed E-state index contributed by atoms with van der Waals surface area (Å²) in [7, 11) is 4.61. The van der Waals surface area contributed by atoms with Crippen molar-refractivity contribution in [3.63, 3.8) is 0 Å². The molecule has 0 fully saturated rings. The Bertz CT molecular complexity index is 864. The summed E-state index contributed by atoms with van der Waals surface area (Å²) in [5.74, 6) is 0.208. The molecule has 1 aliphatic carbocycles. The summed E-state index contributed by atoms with van der Waals surface area (Å²) in [6.07, 6.45) is 3.05. The van der Waals surface area contributed by atoms with Crippen LogP contribution >= 0.6 is 0 Å². The molecule has 0 aromatic heterocycles. The van der Waals surface area contributed by atoms with E-state index in [0.29, 0.717) is 17.1 Å². The second kappa shape index (κ2) is 8.78. The van der Waals surface area contributed by atoms with Gasteiger partial charge in [0.2, 0.25) is 0 Å². The molecule has 28 heavy (non-hydrogen) atoms. The monoisotopic (exact) mass is 383 g/mol. The number of amides is 1. The quantitative estimate of drug-likeness (QED) is 0.716. The van der Waals surface area contributed by atoms with Crippen molar-refractivity contribution in [3.05, 3.63) is 59.2 Å². The third-order valence-corrected chi connectivity index (χ3v) is 5.13. The van der Waals surface area contributed by atoms with Crippen molar-refractivity contribution in [2.45, 2.75) is 25.3 Å². The van der Waals surface area contributed by atoms with Crippen molar-refractivity contribution in [3.8, 4) is 11.5 Å². The largest absolute Gasteiger partial charge is 0.493 e. The number of nitrogens with zero attached hydrogens (tertiary/aromatic N) is 1. The molecule has 0 saturated carbocycles. The molecule has 0 spiro atoms. The maximum absolute atomic E-state index is 12.7. The number of benzene rings is 2. The molecular weight excluding hydrogens is 358 g/mol. The van der Waals surface area contributed by atoms with Crippen LogP contribution in [0.5, 0.6) is 11.5 Å². The minimum absolute atomic E-state index is 0.0599. The fourth-order valence-corrected chi connectivity index (χ4v) is 3.58. The van der Waals surface area contributed by atoms with Crippen LogP contribution in [-0.2, 0) is 16.0 Å². The first-order valence-electron chi connectivity index (χ1n) is 9.27. The number of ether oxygens (including phenoxy) is 3. The van der Waals surface area contributed by atoms with E-state index in [9.17, 15) is 9.59 Å². The van der Waals surface area contributed by atoms with Gasteiger partial charge < -0.3 is 19.1 Å². The van der Waals surface area contributed by atoms with E-state index in [4.69, 9.17) is 14.2 Å². The molecule has 2 aromatic rings. The highest BCUT2D eigenvalue weighted by atomic mass is 16.5. The minimum Gasteiger partial charge on any atom is -0.493 e.